The Morgan fingerprint density at radius 1 is 1.32 bits per heavy atom. The molecule has 1 aromatic rings. The number of nitrogens with zero attached hydrogens (tertiary/aromatic N) is 1. The molecule has 0 radical (unpaired) electrons. The van der Waals surface area contributed by atoms with Crippen LogP contribution in [-0.4, -0.2) is 29.3 Å². The highest BCUT2D eigenvalue weighted by molar-refractivity contribution is 14.1. The van der Waals surface area contributed by atoms with Gasteiger partial charge in [0.1, 0.15) is 0 Å². The Balaban J connectivity index is 2.22. The summed E-state index contributed by atoms with van der Waals surface area (Å²) >= 11 is 2.16. The Morgan fingerprint density at radius 2 is 2.00 bits per heavy atom. The zero-order valence-electron chi connectivity index (χ0n) is 10.8. The highest BCUT2D eigenvalue weighted by Gasteiger charge is 2.32. The molecule has 19 heavy (non-hydrogen) atoms. The van der Waals surface area contributed by atoms with Crippen molar-refractivity contribution in [3.8, 4) is 0 Å². The zero-order chi connectivity index (χ0) is 14.0. The smallest absolute Gasteiger partial charge is 0.255 e. The van der Waals surface area contributed by atoms with E-state index in [1.807, 2.05) is 31.2 Å². The van der Waals surface area contributed by atoms with E-state index in [-0.39, 0.29) is 23.8 Å². The van der Waals surface area contributed by atoms with E-state index in [2.05, 4.69) is 22.6 Å². The van der Waals surface area contributed by atoms with E-state index in [1.54, 1.807) is 4.90 Å². The Morgan fingerprint density at radius 3 is 2.63 bits per heavy atom. The first-order valence-corrected chi connectivity index (χ1v) is 7.43. The number of benzene rings is 1. The predicted molar refractivity (Wildman–Crippen MR) is 81.6 cm³/mol. The van der Waals surface area contributed by atoms with Crippen LogP contribution in [0.25, 0.3) is 0 Å². The van der Waals surface area contributed by atoms with Gasteiger partial charge in [-0.2, -0.15) is 0 Å². The third-order valence-electron chi connectivity index (χ3n) is 3.65. The van der Waals surface area contributed by atoms with E-state index in [9.17, 15) is 9.59 Å². The van der Waals surface area contributed by atoms with Gasteiger partial charge in [0.05, 0.1) is 11.5 Å². The van der Waals surface area contributed by atoms with Crippen molar-refractivity contribution in [2.24, 2.45) is 11.7 Å². The Bertz CT molecular complexity index is 504. The van der Waals surface area contributed by atoms with Gasteiger partial charge >= 0.3 is 0 Å². The molecule has 2 unspecified atom stereocenters. The van der Waals surface area contributed by atoms with Gasteiger partial charge < -0.3 is 10.6 Å². The highest BCUT2D eigenvalue weighted by atomic mass is 127. The molecule has 2 rings (SSSR count). The molecule has 0 bridgehead atoms. The molecule has 1 heterocycles. The number of primary amides is 1. The van der Waals surface area contributed by atoms with Crippen LogP contribution < -0.4 is 5.73 Å². The molecule has 102 valence electrons. The number of amides is 2. The van der Waals surface area contributed by atoms with Gasteiger partial charge in [0.15, 0.2) is 0 Å². The summed E-state index contributed by atoms with van der Waals surface area (Å²) in [5, 5.41) is 0. The number of carbonyl (C=O) groups is 2. The molecule has 5 heteroatoms. The van der Waals surface area contributed by atoms with E-state index < -0.39 is 0 Å². The summed E-state index contributed by atoms with van der Waals surface area (Å²) in [6, 6.07) is 7.65. The molecule has 2 atom stereocenters. The molecule has 0 aromatic heterocycles. The fourth-order valence-corrected chi connectivity index (χ4v) is 3.03. The number of rotatable bonds is 2. The maximum absolute atomic E-state index is 12.6. The minimum absolute atomic E-state index is 0.0107. The number of hydrogen-bond acceptors (Lipinski definition) is 2. The van der Waals surface area contributed by atoms with Crippen LogP contribution in [0.1, 0.15) is 30.1 Å². The molecule has 1 saturated heterocycles. The van der Waals surface area contributed by atoms with Crippen molar-refractivity contribution in [3.05, 3.63) is 33.4 Å². The van der Waals surface area contributed by atoms with Gasteiger partial charge in [-0.1, -0.05) is 12.1 Å². The SMILES string of the molecule is CC1CCC(C(N)=O)CN1C(=O)c1ccccc1I. The van der Waals surface area contributed by atoms with Crippen LogP contribution in [-0.2, 0) is 4.79 Å². The number of carbonyl (C=O) groups excluding carboxylic acids is 2. The number of hydrogen-bond donors (Lipinski definition) is 1. The highest BCUT2D eigenvalue weighted by Crippen LogP contribution is 2.24. The second-order valence-electron chi connectivity index (χ2n) is 4.96. The molecule has 0 saturated carbocycles. The normalized spacial score (nSPS) is 23.2. The fourth-order valence-electron chi connectivity index (χ4n) is 2.41. The van der Waals surface area contributed by atoms with Crippen molar-refractivity contribution in [2.75, 3.05) is 6.54 Å². The van der Waals surface area contributed by atoms with E-state index >= 15 is 0 Å². The Kier molecular flexibility index (Phi) is 4.44. The molecule has 2 amide bonds. The third-order valence-corrected chi connectivity index (χ3v) is 4.59. The zero-order valence-corrected chi connectivity index (χ0v) is 13.0. The summed E-state index contributed by atoms with van der Waals surface area (Å²) in [5.41, 5.74) is 6.06. The van der Waals surface area contributed by atoms with Crippen LogP contribution in [0.5, 0.6) is 0 Å². The molecule has 1 aromatic carbocycles. The molecule has 4 nitrogen and oxygen atoms in total. The standard InChI is InChI=1S/C14H17IN2O2/c1-9-6-7-10(13(16)18)8-17(9)14(19)11-4-2-3-5-12(11)15/h2-5,9-10H,6-8H2,1H3,(H2,16,18). The van der Waals surface area contributed by atoms with Crippen LogP contribution in [0.3, 0.4) is 0 Å². The average molecular weight is 372 g/mol. The van der Waals surface area contributed by atoms with Crippen LogP contribution in [0.4, 0.5) is 0 Å². The first-order chi connectivity index (χ1) is 9.00. The number of halogens is 1. The first kappa shape index (κ1) is 14.3. The summed E-state index contributed by atoms with van der Waals surface area (Å²) in [7, 11) is 0. The number of nitrogens with two attached hydrogens (primary N) is 1. The topological polar surface area (TPSA) is 63.4 Å². The molecular formula is C14H17IN2O2. The van der Waals surface area contributed by atoms with Crippen molar-refractivity contribution in [2.45, 2.75) is 25.8 Å². The minimum Gasteiger partial charge on any atom is -0.369 e. The average Bonchev–Trinajstić information content (AvgIpc) is 2.38. The van der Waals surface area contributed by atoms with Gasteiger partial charge in [-0.3, -0.25) is 9.59 Å². The van der Waals surface area contributed by atoms with E-state index in [0.717, 1.165) is 16.4 Å². The molecular weight excluding hydrogens is 355 g/mol. The van der Waals surface area contributed by atoms with Crippen LogP contribution in [0.15, 0.2) is 24.3 Å². The van der Waals surface area contributed by atoms with E-state index in [1.165, 1.54) is 0 Å². The summed E-state index contributed by atoms with van der Waals surface area (Å²) < 4.78 is 0.929. The van der Waals surface area contributed by atoms with Gasteiger partial charge in [0, 0.05) is 16.2 Å². The van der Waals surface area contributed by atoms with E-state index in [0.29, 0.717) is 12.1 Å². The summed E-state index contributed by atoms with van der Waals surface area (Å²) in [4.78, 5) is 25.7. The molecule has 2 N–H and O–H groups in total. The van der Waals surface area contributed by atoms with Crippen LogP contribution in [0.2, 0.25) is 0 Å². The predicted octanol–water partition coefficient (Wildman–Crippen LogP) is 2.02. The van der Waals surface area contributed by atoms with E-state index in [4.69, 9.17) is 5.73 Å². The van der Waals surface area contributed by atoms with Crippen LogP contribution in [0, 0.1) is 9.49 Å². The monoisotopic (exact) mass is 372 g/mol. The lowest BCUT2D eigenvalue weighted by Gasteiger charge is -2.37. The summed E-state index contributed by atoms with van der Waals surface area (Å²) in [6.07, 6.45) is 1.59. The summed E-state index contributed by atoms with van der Waals surface area (Å²) in [6.45, 7) is 2.45. The van der Waals surface area contributed by atoms with Crippen molar-refractivity contribution in [3.63, 3.8) is 0 Å². The Hall–Kier alpha value is -1.11. The second kappa shape index (κ2) is 5.90. The third kappa shape index (κ3) is 3.08. The molecule has 1 aliphatic rings. The van der Waals surface area contributed by atoms with Crippen molar-refractivity contribution < 1.29 is 9.59 Å². The minimum atomic E-state index is -0.313. The largest absolute Gasteiger partial charge is 0.369 e. The Labute approximate surface area is 126 Å². The van der Waals surface area contributed by atoms with Gasteiger partial charge in [0.2, 0.25) is 5.91 Å². The second-order valence-corrected chi connectivity index (χ2v) is 6.13. The van der Waals surface area contributed by atoms with Gasteiger partial charge in [0.25, 0.3) is 5.91 Å². The molecule has 0 spiro atoms. The lowest BCUT2D eigenvalue weighted by Crippen LogP contribution is -2.48. The van der Waals surface area contributed by atoms with Gasteiger partial charge in [-0.15, -0.1) is 0 Å². The van der Waals surface area contributed by atoms with Crippen molar-refractivity contribution >= 4 is 34.4 Å². The molecule has 1 aliphatic heterocycles. The fraction of sp³-hybridized carbons (Fsp3) is 0.429. The molecule has 1 fully saturated rings. The first-order valence-electron chi connectivity index (χ1n) is 6.35. The number of likely N-dealkylation sites (tertiary alicyclic amines) is 1. The maximum Gasteiger partial charge on any atom is 0.255 e. The van der Waals surface area contributed by atoms with Crippen molar-refractivity contribution in [1.29, 1.82) is 0 Å². The lowest BCUT2D eigenvalue weighted by molar-refractivity contribution is -0.123. The number of piperidine rings is 1. The van der Waals surface area contributed by atoms with Gasteiger partial charge in [-0.25, -0.2) is 0 Å². The quantitative estimate of drug-likeness (QED) is 0.808. The maximum atomic E-state index is 12.6. The van der Waals surface area contributed by atoms with Crippen LogP contribution >= 0.6 is 22.6 Å². The van der Waals surface area contributed by atoms with Gasteiger partial charge in [-0.05, 0) is 54.5 Å². The lowest BCUT2D eigenvalue weighted by atomic mass is 9.92. The molecule has 0 aliphatic carbocycles. The van der Waals surface area contributed by atoms with Crippen molar-refractivity contribution in [1.82, 2.24) is 4.90 Å². The summed E-state index contributed by atoms with van der Waals surface area (Å²) in [5.74, 6) is -0.544.